The monoisotopic (exact) mass is 330 g/mol. The largest absolute Gasteiger partial charge is 0.352 e. The second-order valence-corrected chi connectivity index (χ2v) is 6.36. The van der Waals surface area contributed by atoms with Crippen molar-refractivity contribution in [1.29, 1.82) is 0 Å². The van der Waals surface area contributed by atoms with Crippen LogP contribution in [0.1, 0.15) is 18.9 Å². The number of amides is 3. The summed E-state index contributed by atoms with van der Waals surface area (Å²) in [4.78, 5) is 37.3. The van der Waals surface area contributed by atoms with Gasteiger partial charge in [0.25, 0.3) is 0 Å². The highest BCUT2D eigenvalue weighted by Crippen LogP contribution is 2.23. The summed E-state index contributed by atoms with van der Waals surface area (Å²) < 4.78 is 0. The van der Waals surface area contributed by atoms with E-state index < -0.39 is 0 Å². The summed E-state index contributed by atoms with van der Waals surface area (Å²) in [5.74, 6) is -0.479. The van der Waals surface area contributed by atoms with Crippen LogP contribution in [0.5, 0.6) is 0 Å². The highest BCUT2D eigenvalue weighted by Gasteiger charge is 2.39. The Morgan fingerprint density at radius 2 is 2.12 bits per heavy atom. The van der Waals surface area contributed by atoms with Crippen LogP contribution in [0.25, 0.3) is 0 Å². The summed E-state index contributed by atoms with van der Waals surface area (Å²) in [5.41, 5.74) is 1.59. The van der Waals surface area contributed by atoms with Gasteiger partial charge in [0.15, 0.2) is 0 Å². The van der Waals surface area contributed by atoms with Gasteiger partial charge in [0, 0.05) is 45.2 Å². The smallest absolute Gasteiger partial charge is 0.229 e. The molecule has 0 saturated carbocycles. The number of rotatable bonds is 5. The molecular weight excluding hydrogens is 308 g/mol. The minimum absolute atomic E-state index is 0.0565. The summed E-state index contributed by atoms with van der Waals surface area (Å²) >= 11 is 0. The summed E-state index contributed by atoms with van der Waals surface area (Å²) in [6, 6.07) is 7.59. The highest BCUT2D eigenvalue weighted by molar-refractivity contribution is 5.97. The van der Waals surface area contributed by atoms with E-state index in [0.29, 0.717) is 18.8 Å². The van der Waals surface area contributed by atoms with E-state index in [2.05, 4.69) is 16.0 Å². The third kappa shape index (κ3) is 3.73. The number of nitrogens with one attached hydrogen (secondary N) is 3. The second kappa shape index (κ2) is 7.00. The molecule has 0 aliphatic carbocycles. The van der Waals surface area contributed by atoms with E-state index in [1.165, 1.54) is 6.92 Å². The van der Waals surface area contributed by atoms with E-state index in [-0.39, 0.29) is 36.1 Å². The van der Waals surface area contributed by atoms with Gasteiger partial charge in [-0.3, -0.25) is 14.4 Å². The molecule has 2 fully saturated rings. The van der Waals surface area contributed by atoms with Crippen molar-refractivity contribution in [2.75, 3.05) is 25.0 Å². The fraction of sp³-hybridized carbons (Fsp3) is 0.471. The Morgan fingerprint density at radius 3 is 2.79 bits per heavy atom. The van der Waals surface area contributed by atoms with Crippen molar-refractivity contribution >= 4 is 23.4 Å². The molecule has 2 aliphatic rings. The predicted octanol–water partition coefficient (Wildman–Crippen LogP) is 0.0815. The summed E-state index contributed by atoms with van der Waals surface area (Å²) in [5, 5.41) is 8.75. The maximum absolute atomic E-state index is 12.4. The van der Waals surface area contributed by atoms with E-state index in [9.17, 15) is 14.4 Å². The van der Waals surface area contributed by atoms with Gasteiger partial charge in [-0.1, -0.05) is 12.1 Å². The van der Waals surface area contributed by atoms with Gasteiger partial charge in [-0.25, -0.2) is 0 Å². The number of carbonyl (C=O) groups is 3. The lowest BCUT2D eigenvalue weighted by atomic mass is 10.1. The second-order valence-electron chi connectivity index (χ2n) is 6.36. The van der Waals surface area contributed by atoms with E-state index in [1.54, 1.807) is 6.07 Å². The first-order valence-corrected chi connectivity index (χ1v) is 8.17. The maximum atomic E-state index is 12.4. The lowest BCUT2D eigenvalue weighted by molar-refractivity contribution is -0.130. The Hall–Kier alpha value is -2.41. The van der Waals surface area contributed by atoms with Crippen LogP contribution in [0.15, 0.2) is 24.3 Å². The average molecular weight is 330 g/mol. The first-order chi connectivity index (χ1) is 11.5. The number of hydrogen-bond acceptors (Lipinski definition) is 4. The minimum Gasteiger partial charge on any atom is -0.352 e. The van der Waals surface area contributed by atoms with Gasteiger partial charge in [0.05, 0.1) is 12.0 Å². The summed E-state index contributed by atoms with van der Waals surface area (Å²) in [6.45, 7) is 3.99. The topological polar surface area (TPSA) is 90.5 Å². The lowest BCUT2D eigenvalue weighted by Gasteiger charge is -2.35. The molecule has 24 heavy (non-hydrogen) atoms. The normalized spacial score (nSPS) is 20.6. The first-order valence-electron chi connectivity index (χ1n) is 8.17. The molecule has 2 saturated heterocycles. The van der Waals surface area contributed by atoms with Crippen LogP contribution in [0.3, 0.4) is 0 Å². The van der Waals surface area contributed by atoms with E-state index in [0.717, 1.165) is 18.7 Å². The van der Waals surface area contributed by atoms with Crippen molar-refractivity contribution in [3.05, 3.63) is 29.8 Å². The van der Waals surface area contributed by atoms with Gasteiger partial charge in [0.2, 0.25) is 17.7 Å². The van der Waals surface area contributed by atoms with E-state index in [1.807, 2.05) is 23.1 Å². The minimum atomic E-state index is -0.308. The van der Waals surface area contributed by atoms with Crippen molar-refractivity contribution in [2.24, 2.45) is 5.92 Å². The fourth-order valence-corrected chi connectivity index (χ4v) is 2.98. The quantitative estimate of drug-likeness (QED) is 0.713. The van der Waals surface area contributed by atoms with Crippen molar-refractivity contribution in [2.45, 2.75) is 25.9 Å². The lowest BCUT2D eigenvalue weighted by Crippen LogP contribution is -2.57. The summed E-state index contributed by atoms with van der Waals surface area (Å²) in [7, 11) is 0. The number of anilines is 1. The van der Waals surface area contributed by atoms with Crippen LogP contribution in [0.4, 0.5) is 5.69 Å². The molecule has 3 N–H and O–H groups in total. The molecule has 0 aromatic heterocycles. The number of hydrogen-bond donors (Lipinski definition) is 3. The molecular formula is C17H22N4O3. The molecule has 3 rings (SSSR count). The van der Waals surface area contributed by atoms with Crippen molar-refractivity contribution < 1.29 is 14.4 Å². The van der Waals surface area contributed by atoms with Gasteiger partial charge in [0.1, 0.15) is 0 Å². The van der Waals surface area contributed by atoms with Crippen LogP contribution >= 0.6 is 0 Å². The van der Waals surface area contributed by atoms with Crippen molar-refractivity contribution in [3.8, 4) is 0 Å². The molecule has 7 nitrogen and oxygen atoms in total. The number of nitrogens with zero attached hydrogens (tertiary/aromatic N) is 1. The molecule has 1 aromatic carbocycles. The van der Waals surface area contributed by atoms with Crippen molar-refractivity contribution in [3.63, 3.8) is 0 Å². The highest BCUT2D eigenvalue weighted by atomic mass is 16.2. The molecule has 3 amide bonds. The zero-order chi connectivity index (χ0) is 17.1. The average Bonchev–Trinajstić information content (AvgIpc) is 2.86. The molecule has 2 aliphatic heterocycles. The zero-order valence-corrected chi connectivity index (χ0v) is 13.7. The SMILES string of the molecule is CC(=O)NCc1cccc(NC(=O)C2CC(=O)N(C3CNC3)C2)c1. The van der Waals surface area contributed by atoms with Gasteiger partial charge < -0.3 is 20.9 Å². The first kappa shape index (κ1) is 16.4. The number of benzene rings is 1. The fourth-order valence-electron chi connectivity index (χ4n) is 2.98. The van der Waals surface area contributed by atoms with E-state index >= 15 is 0 Å². The predicted molar refractivity (Wildman–Crippen MR) is 89.1 cm³/mol. The van der Waals surface area contributed by atoms with Crippen LogP contribution in [-0.4, -0.2) is 48.3 Å². The number of carbonyl (C=O) groups excluding carboxylic acids is 3. The summed E-state index contributed by atoms with van der Waals surface area (Å²) in [6.07, 6.45) is 0.272. The molecule has 7 heteroatoms. The Bertz CT molecular complexity index is 657. The van der Waals surface area contributed by atoms with Gasteiger partial charge in [-0.05, 0) is 17.7 Å². The van der Waals surface area contributed by atoms with E-state index in [4.69, 9.17) is 0 Å². The zero-order valence-electron chi connectivity index (χ0n) is 13.7. The third-order valence-electron chi connectivity index (χ3n) is 4.47. The van der Waals surface area contributed by atoms with Crippen molar-refractivity contribution in [1.82, 2.24) is 15.5 Å². The number of likely N-dealkylation sites (tertiary alicyclic amines) is 1. The molecule has 1 aromatic rings. The van der Waals surface area contributed by atoms with Gasteiger partial charge >= 0.3 is 0 Å². The Balaban J connectivity index is 1.57. The van der Waals surface area contributed by atoms with Crippen LogP contribution in [0.2, 0.25) is 0 Å². The molecule has 2 heterocycles. The molecule has 0 spiro atoms. The third-order valence-corrected chi connectivity index (χ3v) is 4.47. The van der Waals surface area contributed by atoms with Crippen LogP contribution < -0.4 is 16.0 Å². The molecule has 1 atom stereocenters. The Labute approximate surface area is 140 Å². The Morgan fingerprint density at radius 1 is 1.33 bits per heavy atom. The Kier molecular flexibility index (Phi) is 4.80. The van der Waals surface area contributed by atoms with Crippen LogP contribution in [-0.2, 0) is 20.9 Å². The van der Waals surface area contributed by atoms with Crippen LogP contribution in [0, 0.1) is 5.92 Å². The molecule has 128 valence electrons. The molecule has 1 unspecified atom stereocenters. The van der Waals surface area contributed by atoms with Gasteiger partial charge in [-0.2, -0.15) is 0 Å². The maximum Gasteiger partial charge on any atom is 0.229 e. The molecule has 0 radical (unpaired) electrons. The van der Waals surface area contributed by atoms with Gasteiger partial charge in [-0.15, -0.1) is 0 Å². The molecule has 0 bridgehead atoms. The standard InChI is InChI=1S/C17H22N4O3/c1-11(22)19-7-12-3-2-4-14(5-12)20-17(24)13-6-16(23)21(10-13)15-8-18-9-15/h2-5,13,15,18H,6-10H2,1H3,(H,19,22)(H,20,24).